The number of ether oxygens (including phenoxy) is 1. The highest BCUT2D eigenvalue weighted by molar-refractivity contribution is 7.92. The number of sulfone groups is 1. The summed E-state index contributed by atoms with van der Waals surface area (Å²) in [6, 6.07) is 0. The number of carbonyl (C=O) groups is 1. The van der Waals surface area contributed by atoms with Crippen LogP contribution in [0.2, 0.25) is 0 Å². The molecule has 1 saturated heterocycles. The van der Waals surface area contributed by atoms with Crippen LogP contribution in [0, 0.1) is 0 Å². The molecule has 1 atom stereocenters. The average molecular weight is 232 g/mol. The van der Waals surface area contributed by atoms with E-state index in [0.717, 1.165) is 12.8 Å². The zero-order valence-electron chi connectivity index (χ0n) is 8.81. The van der Waals surface area contributed by atoms with E-state index in [1.807, 2.05) is 0 Å². The third kappa shape index (κ3) is 3.66. The number of carbonyl (C=O) groups excluding carboxylic acids is 1. The topological polar surface area (TPSA) is 60.4 Å². The molecule has 1 heterocycles. The van der Waals surface area contributed by atoms with Crippen molar-refractivity contribution in [2.45, 2.75) is 30.9 Å². The van der Waals surface area contributed by atoms with Gasteiger partial charge < -0.3 is 4.74 Å². The second-order valence-electron chi connectivity index (χ2n) is 3.62. The molecule has 5 heteroatoms. The fourth-order valence-corrected chi connectivity index (χ4v) is 3.47. The molecule has 0 amide bonds. The maximum Gasteiger partial charge on any atom is 0.309 e. The van der Waals surface area contributed by atoms with Gasteiger partial charge in [-0.05, 0) is 19.3 Å². The van der Waals surface area contributed by atoms with Crippen LogP contribution in [0.1, 0.15) is 25.7 Å². The lowest BCUT2D eigenvalue weighted by Crippen LogP contribution is -2.14. The fraction of sp³-hybridized carbons (Fsp3) is 0.700. The molecule has 0 spiro atoms. The van der Waals surface area contributed by atoms with Crippen LogP contribution in [0.5, 0.6) is 0 Å². The first-order chi connectivity index (χ1) is 7.06. The molecule has 0 saturated carbocycles. The molecule has 0 aromatic heterocycles. The van der Waals surface area contributed by atoms with Gasteiger partial charge in [0.1, 0.15) is 0 Å². The molecule has 0 aromatic carbocycles. The molecule has 1 rings (SSSR count). The Morgan fingerprint density at radius 3 is 2.73 bits per heavy atom. The second-order valence-corrected chi connectivity index (χ2v) is 6.02. The van der Waals surface area contributed by atoms with Crippen molar-refractivity contribution in [3.05, 3.63) is 12.2 Å². The highest BCUT2D eigenvalue weighted by Gasteiger charge is 2.29. The van der Waals surface area contributed by atoms with Gasteiger partial charge in [-0.15, -0.1) is 0 Å². The average Bonchev–Trinajstić information content (AvgIpc) is 2.52. The van der Waals surface area contributed by atoms with E-state index in [1.54, 1.807) is 12.2 Å². The van der Waals surface area contributed by atoms with Crippen LogP contribution in [-0.4, -0.2) is 32.5 Å². The van der Waals surface area contributed by atoms with Gasteiger partial charge in [0.05, 0.1) is 24.5 Å². The van der Waals surface area contributed by atoms with Crippen molar-refractivity contribution >= 4 is 15.8 Å². The number of methoxy groups -OCH3 is 1. The minimum atomic E-state index is -2.86. The van der Waals surface area contributed by atoms with E-state index < -0.39 is 9.84 Å². The maximum atomic E-state index is 11.4. The first-order valence-electron chi connectivity index (χ1n) is 4.99. The Labute approximate surface area is 90.2 Å². The van der Waals surface area contributed by atoms with Crippen molar-refractivity contribution in [3.63, 3.8) is 0 Å². The monoisotopic (exact) mass is 232 g/mol. The van der Waals surface area contributed by atoms with Crippen LogP contribution in [0.15, 0.2) is 12.2 Å². The summed E-state index contributed by atoms with van der Waals surface area (Å²) in [6.07, 6.45) is 5.65. The summed E-state index contributed by atoms with van der Waals surface area (Å²) in [7, 11) is -1.53. The Balaban J connectivity index is 2.34. The molecule has 15 heavy (non-hydrogen) atoms. The van der Waals surface area contributed by atoms with Crippen molar-refractivity contribution in [1.29, 1.82) is 0 Å². The summed E-state index contributed by atoms with van der Waals surface area (Å²) < 4.78 is 27.3. The molecule has 1 aliphatic heterocycles. The SMILES string of the molecule is COC(=O)C/C=C\CC1CCCS1(=O)=O. The van der Waals surface area contributed by atoms with Gasteiger partial charge in [-0.1, -0.05) is 12.2 Å². The molecule has 0 N–H and O–H groups in total. The minimum Gasteiger partial charge on any atom is -0.469 e. The molecule has 1 unspecified atom stereocenters. The van der Waals surface area contributed by atoms with Gasteiger partial charge in [0.2, 0.25) is 0 Å². The van der Waals surface area contributed by atoms with E-state index in [-0.39, 0.29) is 17.6 Å². The molecule has 0 radical (unpaired) electrons. The molecule has 4 nitrogen and oxygen atoms in total. The summed E-state index contributed by atoms with van der Waals surface area (Å²) in [5.74, 6) is 0.00298. The van der Waals surface area contributed by atoms with Gasteiger partial charge in [0.25, 0.3) is 0 Å². The third-order valence-corrected chi connectivity index (χ3v) is 4.84. The van der Waals surface area contributed by atoms with Crippen molar-refractivity contribution in [2.24, 2.45) is 0 Å². The lowest BCUT2D eigenvalue weighted by molar-refractivity contribution is -0.139. The highest BCUT2D eigenvalue weighted by Crippen LogP contribution is 2.22. The third-order valence-electron chi connectivity index (χ3n) is 2.54. The zero-order chi connectivity index (χ0) is 11.3. The van der Waals surface area contributed by atoms with Crippen molar-refractivity contribution in [1.82, 2.24) is 0 Å². The van der Waals surface area contributed by atoms with Crippen molar-refractivity contribution < 1.29 is 17.9 Å². The minimum absolute atomic E-state index is 0.212. The largest absolute Gasteiger partial charge is 0.469 e. The van der Waals surface area contributed by atoms with Gasteiger partial charge in [-0.2, -0.15) is 0 Å². The molecule has 0 aromatic rings. The van der Waals surface area contributed by atoms with Crippen LogP contribution in [0.25, 0.3) is 0 Å². The first-order valence-corrected chi connectivity index (χ1v) is 6.71. The Kier molecular flexibility index (Phi) is 4.32. The quantitative estimate of drug-likeness (QED) is 0.537. The molecular formula is C10H16O4S. The summed E-state index contributed by atoms with van der Waals surface area (Å²) in [6.45, 7) is 0. The Morgan fingerprint density at radius 1 is 1.47 bits per heavy atom. The van der Waals surface area contributed by atoms with E-state index >= 15 is 0 Å². The number of esters is 1. The van der Waals surface area contributed by atoms with E-state index in [4.69, 9.17) is 0 Å². The van der Waals surface area contributed by atoms with Gasteiger partial charge >= 0.3 is 5.97 Å². The van der Waals surface area contributed by atoms with Gasteiger partial charge in [0, 0.05) is 0 Å². The molecule has 0 aliphatic carbocycles. The Bertz CT molecular complexity index is 342. The summed E-state index contributed by atoms with van der Waals surface area (Å²) in [5, 5.41) is -0.244. The molecule has 1 fully saturated rings. The summed E-state index contributed by atoms with van der Waals surface area (Å²) in [5.41, 5.74) is 0. The predicted molar refractivity (Wildman–Crippen MR) is 57.2 cm³/mol. The van der Waals surface area contributed by atoms with E-state index in [0.29, 0.717) is 12.2 Å². The summed E-state index contributed by atoms with van der Waals surface area (Å²) >= 11 is 0. The van der Waals surface area contributed by atoms with Gasteiger partial charge in [-0.3, -0.25) is 4.79 Å². The standard InChI is InChI=1S/C10H16O4S/c1-14-10(11)7-3-2-5-9-6-4-8-15(9,12)13/h2-3,9H,4-8H2,1H3/b3-2-. The Morgan fingerprint density at radius 2 is 2.20 bits per heavy atom. The molecule has 86 valence electrons. The van der Waals surface area contributed by atoms with Crippen LogP contribution >= 0.6 is 0 Å². The predicted octanol–water partition coefficient (Wildman–Crippen LogP) is 1.07. The highest BCUT2D eigenvalue weighted by atomic mass is 32.2. The number of hydrogen-bond donors (Lipinski definition) is 0. The number of rotatable bonds is 4. The van der Waals surface area contributed by atoms with Crippen LogP contribution in [0.3, 0.4) is 0 Å². The summed E-state index contributed by atoms with van der Waals surface area (Å²) in [4.78, 5) is 10.7. The zero-order valence-corrected chi connectivity index (χ0v) is 9.63. The van der Waals surface area contributed by atoms with Gasteiger partial charge in [0.15, 0.2) is 9.84 Å². The maximum absolute atomic E-state index is 11.4. The van der Waals surface area contributed by atoms with E-state index in [9.17, 15) is 13.2 Å². The van der Waals surface area contributed by atoms with E-state index in [1.165, 1.54) is 7.11 Å². The van der Waals surface area contributed by atoms with Crippen LogP contribution in [-0.2, 0) is 19.4 Å². The smallest absolute Gasteiger partial charge is 0.309 e. The lowest BCUT2D eigenvalue weighted by atomic mass is 10.2. The van der Waals surface area contributed by atoms with Crippen LogP contribution in [0.4, 0.5) is 0 Å². The second kappa shape index (κ2) is 5.30. The molecule has 1 aliphatic rings. The van der Waals surface area contributed by atoms with Crippen molar-refractivity contribution in [3.8, 4) is 0 Å². The molecule has 0 bridgehead atoms. The first kappa shape index (κ1) is 12.2. The number of hydrogen-bond acceptors (Lipinski definition) is 4. The van der Waals surface area contributed by atoms with Crippen molar-refractivity contribution in [2.75, 3.05) is 12.9 Å². The molecular weight excluding hydrogens is 216 g/mol. The van der Waals surface area contributed by atoms with E-state index in [2.05, 4.69) is 4.74 Å². The fourth-order valence-electron chi connectivity index (χ4n) is 1.63. The van der Waals surface area contributed by atoms with Crippen LogP contribution < -0.4 is 0 Å². The lowest BCUT2D eigenvalue weighted by Gasteiger charge is -2.04. The normalized spacial score (nSPS) is 24.5. The number of allylic oxidation sites excluding steroid dienone is 1. The van der Waals surface area contributed by atoms with Gasteiger partial charge in [-0.25, -0.2) is 8.42 Å². The Hall–Kier alpha value is -0.840.